The van der Waals surface area contributed by atoms with Gasteiger partial charge in [-0.2, -0.15) is 0 Å². The van der Waals surface area contributed by atoms with Gasteiger partial charge in [0.05, 0.1) is 5.75 Å². The van der Waals surface area contributed by atoms with Crippen molar-refractivity contribution in [1.29, 1.82) is 0 Å². The zero-order valence-electron chi connectivity index (χ0n) is 15.8. The molecular weight excluding hydrogens is 338 g/mol. The highest BCUT2D eigenvalue weighted by atomic mass is 32.2. The molecule has 0 bridgehead atoms. The van der Waals surface area contributed by atoms with Crippen LogP contribution in [-0.2, 0) is 10.2 Å². The molecule has 134 valence electrons. The maximum atomic E-state index is 12.5. The zero-order valence-corrected chi connectivity index (χ0v) is 16.6. The standard InChI is InChI=1S/C23H25NOS/c1-16-12-13-18(23(2,3)4)14-21(16)26-15-22(25)24-20-11-7-9-17-8-5-6-10-19(17)20/h5-14H,15H2,1-4H3,(H,24,25). The molecule has 0 saturated heterocycles. The lowest BCUT2D eigenvalue weighted by atomic mass is 9.87. The minimum atomic E-state index is 0.0203. The van der Waals surface area contributed by atoms with Crippen molar-refractivity contribution < 1.29 is 4.79 Å². The summed E-state index contributed by atoms with van der Waals surface area (Å²) in [6.45, 7) is 8.72. The van der Waals surface area contributed by atoms with E-state index < -0.39 is 0 Å². The molecule has 1 N–H and O–H groups in total. The van der Waals surface area contributed by atoms with Gasteiger partial charge in [0, 0.05) is 16.0 Å². The molecule has 0 fully saturated rings. The van der Waals surface area contributed by atoms with E-state index in [1.807, 2.05) is 30.3 Å². The fourth-order valence-electron chi connectivity index (χ4n) is 2.89. The minimum Gasteiger partial charge on any atom is -0.325 e. The van der Waals surface area contributed by atoms with Crippen molar-refractivity contribution in [3.63, 3.8) is 0 Å². The van der Waals surface area contributed by atoms with Gasteiger partial charge in [-0.1, -0.05) is 69.3 Å². The van der Waals surface area contributed by atoms with Crippen molar-refractivity contribution in [2.45, 2.75) is 38.0 Å². The fourth-order valence-corrected chi connectivity index (χ4v) is 3.75. The summed E-state index contributed by atoms with van der Waals surface area (Å²) in [7, 11) is 0. The number of hydrogen-bond donors (Lipinski definition) is 1. The Morgan fingerprint density at radius 3 is 2.50 bits per heavy atom. The van der Waals surface area contributed by atoms with Crippen LogP contribution in [0.2, 0.25) is 0 Å². The van der Waals surface area contributed by atoms with Crippen molar-refractivity contribution in [2.24, 2.45) is 0 Å². The van der Waals surface area contributed by atoms with Gasteiger partial charge >= 0.3 is 0 Å². The summed E-state index contributed by atoms with van der Waals surface area (Å²) in [4.78, 5) is 13.7. The Labute approximate surface area is 160 Å². The number of carbonyl (C=O) groups excluding carboxylic acids is 1. The first-order valence-electron chi connectivity index (χ1n) is 8.86. The maximum Gasteiger partial charge on any atom is 0.234 e. The van der Waals surface area contributed by atoms with Gasteiger partial charge < -0.3 is 5.32 Å². The number of aryl methyl sites for hydroxylation is 1. The maximum absolute atomic E-state index is 12.5. The molecule has 0 aliphatic heterocycles. The predicted molar refractivity (Wildman–Crippen MR) is 113 cm³/mol. The van der Waals surface area contributed by atoms with E-state index in [1.165, 1.54) is 16.0 Å². The second-order valence-corrected chi connectivity index (χ2v) is 8.61. The smallest absolute Gasteiger partial charge is 0.234 e. The van der Waals surface area contributed by atoms with Gasteiger partial charge in [-0.15, -0.1) is 11.8 Å². The summed E-state index contributed by atoms with van der Waals surface area (Å²) in [5, 5.41) is 5.26. The van der Waals surface area contributed by atoms with Crippen LogP contribution in [0.25, 0.3) is 10.8 Å². The first kappa shape index (κ1) is 18.5. The number of nitrogens with one attached hydrogen (secondary N) is 1. The molecule has 0 unspecified atom stereocenters. The van der Waals surface area contributed by atoms with E-state index in [1.54, 1.807) is 11.8 Å². The average molecular weight is 364 g/mol. The number of hydrogen-bond acceptors (Lipinski definition) is 2. The van der Waals surface area contributed by atoms with Crippen LogP contribution in [0.1, 0.15) is 31.9 Å². The highest BCUT2D eigenvalue weighted by Crippen LogP contribution is 2.30. The molecule has 0 aliphatic carbocycles. The SMILES string of the molecule is Cc1ccc(C(C)(C)C)cc1SCC(=O)Nc1cccc2ccccc12. The molecule has 3 heteroatoms. The Hall–Kier alpha value is -2.26. The molecular formula is C23H25NOS. The topological polar surface area (TPSA) is 29.1 Å². The number of fused-ring (bicyclic) bond motifs is 1. The summed E-state index contributed by atoms with van der Waals surface area (Å²) >= 11 is 1.60. The van der Waals surface area contributed by atoms with Crippen molar-refractivity contribution in [3.05, 3.63) is 71.8 Å². The summed E-state index contributed by atoms with van der Waals surface area (Å²) < 4.78 is 0. The van der Waals surface area contributed by atoms with Crippen LogP contribution in [0.5, 0.6) is 0 Å². The molecule has 26 heavy (non-hydrogen) atoms. The number of benzene rings is 3. The first-order chi connectivity index (χ1) is 12.3. The molecule has 0 aromatic heterocycles. The number of anilines is 1. The number of thioether (sulfide) groups is 1. The number of carbonyl (C=O) groups is 1. The monoisotopic (exact) mass is 363 g/mol. The van der Waals surface area contributed by atoms with Crippen LogP contribution in [0.4, 0.5) is 5.69 Å². The van der Waals surface area contributed by atoms with Crippen molar-refractivity contribution >= 4 is 34.1 Å². The van der Waals surface area contributed by atoms with Crippen LogP contribution >= 0.6 is 11.8 Å². The highest BCUT2D eigenvalue weighted by molar-refractivity contribution is 8.00. The van der Waals surface area contributed by atoms with E-state index in [-0.39, 0.29) is 11.3 Å². The summed E-state index contributed by atoms with van der Waals surface area (Å²) in [6.07, 6.45) is 0. The Kier molecular flexibility index (Phi) is 5.38. The lowest BCUT2D eigenvalue weighted by Gasteiger charge is -2.20. The minimum absolute atomic E-state index is 0.0203. The Bertz CT molecular complexity index is 935. The van der Waals surface area contributed by atoms with Crippen LogP contribution < -0.4 is 5.32 Å². The zero-order chi connectivity index (χ0) is 18.7. The number of amides is 1. The van der Waals surface area contributed by atoms with Gasteiger partial charge in [0.2, 0.25) is 5.91 Å². The molecule has 1 amide bonds. The third kappa shape index (κ3) is 4.28. The molecule has 0 atom stereocenters. The predicted octanol–water partition coefficient (Wildman–Crippen LogP) is 6.18. The Balaban J connectivity index is 1.71. The summed E-state index contributed by atoms with van der Waals surface area (Å²) in [6, 6.07) is 20.6. The van der Waals surface area contributed by atoms with E-state index in [4.69, 9.17) is 0 Å². The average Bonchev–Trinajstić information content (AvgIpc) is 2.60. The molecule has 3 aromatic carbocycles. The molecule has 0 spiro atoms. The van der Waals surface area contributed by atoms with Gasteiger partial charge in [-0.25, -0.2) is 0 Å². The summed E-state index contributed by atoms with van der Waals surface area (Å²) in [5.74, 6) is 0.421. The molecule has 0 saturated carbocycles. The molecule has 0 aliphatic rings. The van der Waals surface area contributed by atoms with Gasteiger partial charge in [0.15, 0.2) is 0 Å². The van der Waals surface area contributed by atoms with E-state index in [0.717, 1.165) is 16.5 Å². The van der Waals surface area contributed by atoms with Gasteiger partial charge in [-0.3, -0.25) is 4.79 Å². The van der Waals surface area contributed by atoms with E-state index >= 15 is 0 Å². The number of rotatable bonds is 4. The fraction of sp³-hybridized carbons (Fsp3) is 0.261. The summed E-state index contributed by atoms with van der Waals surface area (Å²) in [5.41, 5.74) is 3.48. The van der Waals surface area contributed by atoms with Crippen molar-refractivity contribution in [1.82, 2.24) is 0 Å². The molecule has 3 aromatic rings. The van der Waals surface area contributed by atoms with Gasteiger partial charge in [0.25, 0.3) is 0 Å². The van der Waals surface area contributed by atoms with Crippen LogP contribution in [0.3, 0.4) is 0 Å². The highest BCUT2D eigenvalue weighted by Gasteiger charge is 2.15. The van der Waals surface area contributed by atoms with Gasteiger partial charge in [0.1, 0.15) is 0 Å². The largest absolute Gasteiger partial charge is 0.325 e. The van der Waals surface area contributed by atoms with Crippen LogP contribution in [0.15, 0.2) is 65.6 Å². The van der Waals surface area contributed by atoms with Gasteiger partial charge in [-0.05, 0) is 41.0 Å². The normalized spacial score (nSPS) is 11.5. The van der Waals surface area contributed by atoms with Crippen molar-refractivity contribution in [2.75, 3.05) is 11.1 Å². The quantitative estimate of drug-likeness (QED) is 0.561. The van der Waals surface area contributed by atoms with Crippen molar-refractivity contribution in [3.8, 4) is 0 Å². The third-order valence-electron chi connectivity index (χ3n) is 4.48. The molecule has 0 heterocycles. The Morgan fingerprint density at radius 2 is 1.73 bits per heavy atom. The Morgan fingerprint density at radius 1 is 1.00 bits per heavy atom. The third-order valence-corrected chi connectivity index (χ3v) is 5.63. The lowest BCUT2D eigenvalue weighted by Crippen LogP contribution is -2.15. The van der Waals surface area contributed by atoms with E-state index in [0.29, 0.717) is 5.75 Å². The molecule has 3 rings (SSSR count). The van der Waals surface area contributed by atoms with Crippen LogP contribution in [-0.4, -0.2) is 11.7 Å². The molecule has 2 nitrogen and oxygen atoms in total. The second-order valence-electron chi connectivity index (χ2n) is 7.59. The second kappa shape index (κ2) is 7.55. The van der Waals surface area contributed by atoms with Crippen LogP contribution in [0, 0.1) is 6.92 Å². The van der Waals surface area contributed by atoms with E-state index in [2.05, 4.69) is 63.3 Å². The molecule has 0 radical (unpaired) electrons. The van der Waals surface area contributed by atoms with E-state index in [9.17, 15) is 4.79 Å². The lowest BCUT2D eigenvalue weighted by molar-refractivity contribution is -0.113. The first-order valence-corrected chi connectivity index (χ1v) is 9.85.